The molecular formula is C12H16F2N2O2S. The Morgan fingerprint density at radius 3 is 2.63 bits per heavy atom. The summed E-state index contributed by atoms with van der Waals surface area (Å²) in [4.78, 5) is 0. The van der Waals surface area contributed by atoms with Crippen molar-refractivity contribution in [3.8, 4) is 0 Å². The lowest BCUT2D eigenvalue weighted by Gasteiger charge is -2.22. The zero-order valence-corrected chi connectivity index (χ0v) is 11.1. The Balaban J connectivity index is 2.02. The SMILES string of the molecule is O=S(=O)(NCc1cc(F)ccc1F)C1CCNCC1. The van der Waals surface area contributed by atoms with Gasteiger partial charge in [0.15, 0.2) is 0 Å². The van der Waals surface area contributed by atoms with Crippen LogP contribution in [-0.2, 0) is 16.6 Å². The van der Waals surface area contributed by atoms with Crippen molar-refractivity contribution in [1.29, 1.82) is 0 Å². The molecule has 0 bridgehead atoms. The maximum atomic E-state index is 13.4. The van der Waals surface area contributed by atoms with Crippen LogP contribution in [0.3, 0.4) is 0 Å². The fraction of sp³-hybridized carbons (Fsp3) is 0.500. The first-order valence-corrected chi connectivity index (χ1v) is 7.67. The number of hydrogen-bond donors (Lipinski definition) is 2. The normalized spacial score (nSPS) is 17.6. The van der Waals surface area contributed by atoms with Gasteiger partial charge in [0.25, 0.3) is 0 Å². The van der Waals surface area contributed by atoms with Crippen molar-refractivity contribution in [2.45, 2.75) is 24.6 Å². The fourth-order valence-electron chi connectivity index (χ4n) is 2.08. The molecule has 0 aromatic heterocycles. The molecular weight excluding hydrogens is 274 g/mol. The van der Waals surface area contributed by atoms with E-state index in [9.17, 15) is 17.2 Å². The number of piperidine rings is 1. The fourth-order valence-corrected chi connectivity index (χ4v) is 3.53. The van der Waals surface area contributed by atoms with Gasteiger partial charge >= 0.3 is 0 Å². The Kier molecular flexibility index (Phi) is 4.49. The Bertz CT molecular complexity index is 543. The maximum absolute atomic E-state index is 13.4. The highest BCUT2D eigenvalue weighted by Gasteiger charge is 2.26. The van der Waals surface area contributed by atoms with Crippen LogP contribution < -0.4 is 10.0 Å². The molecule has 1 fully saturated rings. The van der Waals surface area contributed by atoms with E-state index in [0.717, 1.165) is 18.2 Å². The molecule has 1 heterocycles. The molecule has 0 aliphatic carbocycles. The summed E-state index contributed by atoms with van der Waals surface area (Å²) in [6, 6.07) is 2.99. The topological polar surface area (TPSA) is 58.2 Å². The number of benzene rings is 1. The first-order valence-electron chi connectivity index (χ1n) is 6.12. The number of hydrogen-bond acceptors (Lipinski definition) is 3. The van der Waals surface area contributed by atoms with Gasteiger partial charge in [-0.1, -0.05) is 0 Å². The molecule has 0 atom stereocenters. The van der Waals surface area contributed by atoms with Gasteiger partial charge in [-0.05, 0) is 44.1 Å². The lowest BCUT2D eigenvalue weighted by Crippen LogP contribution is -2.41. The quantitative estimate of drug-likeness (QED) is 0.874. The monoisotopic (exact) mass is 290 g/mol. The van der Waals surface area contributed by atoms with E-state index in [1.165, 1.54) is 0 Å². The van der Waals surface area contributed by atoms with Gasteiger partial charge in [0.05, 0.1) is 5.25 Å². The molecule has 1 saturated heterocycles. The minimum Gasteiger partial charge on any atom is -0.317 e. The summed E-state index contributed by atoms with van der Waals surface area (Å²) in [7, 11) is -3.49. The third kappa shape index (κ3) is 3.71. The van der Waals surface area contributed by atoms with Gasteiger partial charge in [-0.25, -0.2) is 21.9 Å². The van der Waals surface area contributed by atoms with E-state index >= 15 is 0 Å². The van der Waals surface area contributed by atoms with Crippen molar-refractivity contribution in [2.75, 3.05) is 13.1 Å². The van der Waals surface area contributed by atoms with Gasteiger partial charge in [0, 0.05) is 12.1 Å². The Morgan fingerprint density at radius 2 is 1.95 bits per heavy atom. The molecule has 2 N–H and O–H groups in total. The number of rotatable bonds is 4. The van der Waals surface area contributed by atoms with Crippen LogP contribution in [-0.4, -0.2) is 26.8 Å². The molecule has 2 rings (SSSR count). The average molecular weight is 290 g/mol. The van der Waals surface area contributed by atoms with Crippen molar-refractivity contribution in [3.05, 3.63) is 35.4 Å². The second-order valence-electron chi connectivity index (χ2n) is 4.55. The van der Waals surface area contributed by atoms with Crippen molar-refractivity contribution in [1.82, 2.24) is 10.0 Å². The third-order valence-electron chi connectivity index (χ3n) is 3.20. The standard InChI is InChI=1S/C12H16F2N2O2S/c13-10-1-2-12(14)9(7-10)8-16-19(17,18)11-3-5-15-6-4-11/h1-2,7,11,15-16H,3-6,8H2. The van der Waals surface area contributed by atoms with Crippen molar-refractivity contribution in [2.24, 2.45) is 0 Å². The number of halogens is 2. The number of sulfonamides is 1. The average Bonchev–Trinajstić information content (AvgIpc) is 2.41. The predicted molar refractivity (Wildman–Crippen MR) is 68.0 cm³/mol. The lowest BCUT2D eigenvalue weighted by molar-refractivity contribution is 0.488. The van der Waals surface area contributed by atoms with Gasteiger partial charge in [-0.15, -0.1) is 0 Å². The third-order valence-corrected chi connectivity index (χ3v) is 5.09. The predicted octanol–water partition coefficient (Wildman–Crippen LogP) is 1.14. The van der Waals surface area contributed by atoms with Crippen molar-refractivity contribution in [3.63, 3.8) is 0 Å². The summed E-state index contributed by atoms with van der Waals surface area (Å²) in [5.74, 6) is -1.20. The summed E-state index contributed by atoms with van der Waals surface area (Å²) in [5.41, 5.74) is 0.0116. The molecule has 0 radical (unpaired) electrons. The van der Waals surface area contributed by atoms with Gasteiger partial charge in [-0.3, -0.25) is 0 Å². The van der Waals surface area contributed by atoms with Crippen molar-refractivity contribution < 1.29 is 17.2 Å². The Labute approximate surface area is 111 Å². The summed E-state index contributed by atoms with van der Waals surface area (Å²) in [6.07, 6.45) is 1.06. The molecule has 1 aromatic carbocycles. The van der Waals surface area contributed by atoms with Crippen LogP contribution in [0.1, 0.15) is 18.4 Å². The van der Waals surface area contributed by atoms with Gasteiger partial charge < -0.3 is 5.32 Å². The molecule has 4 nitrogen and oxygen atoms in total. The second-order valence-corrected chi connectivity index (χ2v) is 6.60. The largest absolute Gasteiger partial charge is 0.317 e. The maximum Gasteiger partial charge on any atom is 0.214 e. The van der Waals surface area contributed by atoms with Crippen molar-refractivity contribution >= 4 is 10.0 Å². The molecule has 0 amide bonds. The van der Waals surface area contributed by atoms with E-state index in [-0.39, 0.29) is 12.1 Å². The van der Waals surface area contributed by atoms with E-state index < -0.39 is 26.9 Å². The van der Waals surface area contributed by atoms with Crippen LogP contribution in [0.5, 0.6) is 0 Å². The van der Waals surface area contributed by atoms with E-state index in [1.807, 2.05) is 0 Å². The minimum atomic E-state index is -3.49. The summed E-state index contributed by atoms with van der Waals surface area (Å²) in [5, 5.41) is 2.61. The molecule has 0 saturated carbocycles. The molecule has 1 aliphatic heterocycles. The summed E-state index contributed by atoms with van der Waals surface area (Å²) < 4.78 is 52.7. The van der Waals surface area contributed by atoms with E-state index in [4.69, 9.17) is 0 Å². The summed E-state index contributed by atoms with van der Waals surface area (Å²) in [6.45, 7) is 1.08. The van der Waals surface area contributed by atoms with Gasteiger partial charge in [-0.2, -0.15) is 0 Å². The second kappa shape index (κ2) is 5.94. The molecule has 0 spiro atoms. The zero-order chi connectivity index (χ0) is 13.9. The van der Waals surface area contributed by atoms with Crippen LogP contribution in [0.25, 0.3) is 0 Å². The smallest absolute Gasteiger partial charge is 0.214 e. The zero-order valence-electron chi connectivity index (χ0n) is 10.3. The van der Waals surface area contributed by atoms with Crippen LogP contribution in [0.4, 0.5) is 8.78 Å². The van der Waals surface area contributed by atoms with E-state index in [0.29, 0.717) is 25.9 Å². The lowest BCUT2D eigenvalue weighted by atomic mass is 10.2. The molecule has 1 aromatic rings. The van der Waals surface area contributed by atoms with E-state index in [1.54, 1.807) is 0 Å². The molecule has 1 aliphatic rings. The first-order chi connectivity index (χ1) is 8.99. The highest BCUT2D eigenvalue weighted by atomic mass is 32.2. The highest BCUT2D eigenvalue weighted by molar-refractivity contribution is 7.90. The summed E-state index contributed by atoms with van der Waals surface area (Å²) >= 11 is 0. The molecule has 106 valence electrons. The molecule has 0 unspecified atom stereocenters. The Morgan fingerprint density at radius 1 is 1.26 bits per heavy atom. The van der Waals surface area contributed by atoms with Crippen LogP contribution in [0.2, 0.25) is 0 Å². The van der Waals surface area contributed by atoms with Gasteiger partial charge in [0.1, 0.15) is 11.6 Å². The van der Waals surface area contributed by atoms with Crippen LogP contribution >= 0.6 is 0 Å². The molecule has 7 heteroatoms. The number of nitrogens with one attached hydrogen (secondary N) is 2. The molecule has 19 heavy (non-hydrogen) atoms. The first kappa shape index (κ1) is 14.4. The minimum absolute atomic E-state index is 0.0116. The Hall–Kier alpha value is -1.05. The van der Waals surface area contributed by atoms with E-state index in [2.05, 4.69) is 10.0 Å². The van der Waals surface area contributed by atoms with Gasteiger partial charge in [0.2, 0.25) is 10.0 Å². The van der Waals surface area contributed by atoms with Crippen LogP contribution in [0, 0.1) is 11.6 Å². The van der Waals surface area contributed by atoms with Crippen LogP contribution in [0.15, 0.2) is 18.2 Å². The highest BCUT2D eigenvalue weighted by Crippen LogP contribution is 2.14.